The molecule has 0 spiro atoms. The summed E-state index contributed by atoms with van der Waals surface area (Å²) >= 11 is 0. The number of esters is 1. The molecule has 29 heavy (non-hydrogen) atoms. The van der Waals surface area contributed by atoms with Crippen LogP contribution in [0.3, 0.4) is 0 Å². The van der Waals surface area contributed by atoms with Crippen LogP contribution in [0.5, 0.6) is 5.75 Å². The first-order valence-corrected chi connectivity index (χ1v) is 9.39. The molecule has 3 rings (SSSR count). The maximum Gasteiger partial charge on any atom is 0.345 e. The number of ketones is 1. The molecule has 1 saturated heterocycles. The maximum absolute atomic E-state index is 12.9. The van der Waals surface area contributed by atoms with Crippen molar-refractivity contribution in [2.45, 2.75) is 13.0 Å². The zero-order chi connectivity index (χ0) is 20.6. The molecule has 0 aliphatic carbocycles. The third-order valence-electron chi connectivity index (χ3n) is 4.52. The van der Waals surface area contributed by atoms with Crippen LogP contribution >= 0.6 is 0 Å². The average Bonchev–Trinajstić information content (AvgIpc) is 2.77. The number of hydrogen-bond acceptors (Lipinski definition) is 6. The number of amides is 1. The van der Waals surface area contributed by atoms with Crippen LogP contribution in [0.2, 0.25) is 0 Å². The van der Waals surface area contributed by atoms with E-state index < -0.39 is 12.1 Å². The number of rotatable bonds is 7. The SMILES string of the molecule is CC(=O)c1ccc(OCC(=O)O[C@@H](C(=O)N2CCOCC2)c2ccccc2)cc1. The first-order valence-electron chi connectivity index (χ1n) is 9.39. The van der Waals surface area contributed by atoms with E-state index in [-0.39, 0.29) is 18.3 Å². The molecule has 7 nitrogen and oxygen atoms in total. The lowest BCUT2D eigenvalue weighted by atomic mass is 10.1. The van der Waals surface area contributed by atoms with Gasteiger partial charge >= 0.3 is 5.97 Å². The summed E-state index contributed by atoms with van der Waals surface area (Å²) in [6, 6.07) is 15.4. The van der Waals surface area contributed by atoms with E-state index in [4.69, 9.17) is 14.2 Å². The van der Waals surface area contributed by atoms with Crippen LogP contribution in [0.4, 0.5) is 0 Å². The molecular weight excluding hydrogens is 374 g/mol. The van der Waals surface area contributed by atoms with Gasteiger partial charge in [-0.1, -0.05) is 30.3 Å². The summed E-state index contributed by atoms with van der Waals surface area (Å²) in [6.07, 6.45) is -1.04. The fourth-order valence-electron chi connectivity index (χ4n) is 2.93. The van der Waals surface area contributed by atoms with Gasteiger partial charge in [-0.2, -0.15) is 0 Å². The van der Waals surface area contributed by atoms with E-state index in [0.717, 1.165) is 0 Å². The highest BCUT2D eigenvalue weighted by molar-refractivity contribution is 5.94. The highest BCUT2D eigenvalue weighted by Crippen LogP contribution is 2.21. The third-order valence-corrected chi connectivity index (χ3v) is 4.52. The van der Waals surface area contributed by atoms with Gasteiger partial charge in [0.2, 0.25) is 6.10 Å². The van der Waals surface area contributed by atoms with E-state index in [2.05, 4.69) is 0 Å². The summed E-state index contributed by atoms with van der Waals surface area (Å²) in [5, 5.41) is 0. The van der Waals surface area contributed by atoms with Gasteiger partial charge in [-0.25, -0.2) is 4.79 Å². The van der Waals surface area contributed by atoms with E-state index in [9.17, 15) is 14.4 Å². The van der Waals surface area contributed by atoms with E-state index in [0.29, 0.717) is 43.2 Å². The van der Waals surface area contributed by atoms with Crippen molar-refractivity contribution in [1.82, 2.24) is 4.90 Å². The largest absolute Gasteiger partial charge is 0.482 e. The van der Waals surface area contributed by atoms with Gasteiger partial charge in [0.1, 0.15) is 5.75 Å². The summed E-state index contributed by atoms with van der Waals surface area (Å²) in [6.45, 7) is 2.96. The fourth-order valence-corrected chi connectivity index (χ4v) is 2.93. The minimum atomic E-state index is -1.04. The third kappa shape index (κ3) is 5.65. The molecular formula is C22H23NO6. The van der Waals surface area contributed by atoms with Crippen LogP contribution in [0, 0.1) is 0 Å². The highest BCUT2D eigenvalue weighted by Gasteiger charge is 2.30. The quantitative estimate of drug-likeness (QED) is 0.527. The van der Waals surface area contributed by atoms with E-state index in [1.807, 2.05) is 6.07 Å². The molecule has 152 valence electrons. The molecule has 0 radical (unpaired) electrons. The second-order valence-corrected chi connectivity index (χ2v) is 6.59. The lowest BCUT2D eigenvalue weighted by Gasteiger charge is -2.30. The zero-order valence-corrected chi connectivity index (χ0v) is 16.2. The monoisotopic (exact) mass is 397 g/mol. The van der Waals surface area contributed by atoms with Crippen molar-refractivity contribution in [3.63, 3.8) is 0 Å². The van der Waals surface area contributed by atoms with Crippen molar-refractivity contribution in [3.8, 4) is 5.75 Å². The molecule has 2 aromatic rings. The molecule has 0 unspecified atom stereocenters. The number of carbonyl (C=O) groups excluding carboxylic acids is 3. The van der Waals surface area contributed by atoms with E-state index >= 15 is 0 Å². The summed E-state index contributed by atoms with van der Waals surface area (Å²) < 4.78 is 16.2. The summed E-state index contributed by atoms with van der Waals surface area (Å²) in [7, 11) is 0. The number of ether oxygens (including phenoxy) is 3. The standard InChI is InChI=1S/C22H23NO6/c1-16(24)17-7-9-19(10-8-17)28-15-20(25)29-21(18-5-3-2-4-6-18)22(26)23-11-13-27-14-12-23/h2-10,21H,11-15H2,1H3/t21-/m1/s1. The second kappa shape index (κ2) is 9.84. The Morgan fingerprint density at radius 1 is 1.00 bits per heavy atom. The van der Waals surface area contributed by atoms with Gasteiger partial charge in [-0.3, -0.25) is 9.59 Å². The van der Waals surface area contributed by atoms with E-state index in [1.165, 1.54) is 6.92 Å². The van der Waals surface area contributed by atoms with Crippen LogP contribution < -0.4 is 4.74 Å². The van der Waals surface area contributed by atoms with Crippen molar-refractivity contribution in [3.05, 3.63) is 65.7 Å². The molecule has 1 amide bonds. The number of nitrogens with zero attached hydrogens (tertiary/aromatic N) is 1. The lowest BCUT2D eigenvalue weighted by Crippen LogP contribution is -2.44. The van der Waals surface area contributed by atoms with Gasteiger partial charge in [0.25, 0.3) is 5.91 Å². The Hall–Kier alpha value is -3.19. The number of benzene rings is 2. The molecule has 1 aliphatic heterocycles. The van der Waals surface area contributed by atoms with Gasteiger partial charge in [0.05, 0.1) is 13.2 Å². The number of morpholine rings is 1. The van der Waals surface area contributed by atoms with Gasteiger partial charge < -0.3 is 19.1 Å². The normalized spacial score (nSPS) is 14.7. The summed E-state index contributed by atoms with van der Waals surface area (Å²) in [4.78, 5) is 38.2. The Bertz CT molecular complexity index is 843. The van der Waals surface area contributed by atoms with Crippen LogP contribution in [-0.2, 0) is 19.1 Å². The Kier molecular flexibility index (Phi) is 6.97. The molecule has 1 fully saturated rings. The van der Waals surface area contributed by atoms with Gasteiger partial charge in [-0.05, 0) is 31.2 Å². The van der Waals surface area contributed by atoms with Crippen LogP contribution in [0.25, 0.3) is 0 Å². The number of Topliss-reactive ketones (excluding diaryl/α,β-unsaturated/α-hetero) is 1. The minimum Gasteiger partial charge on any atom is -0.482 e. The topological polar surface area (TPSA) is 82.1 Å². The molecule has 1 heterocycles. The van der Waals surface area contributed by atoms with Gasteiger partial charge in [-0.15, -0.1) is 0 Å². The summed E-state index contributed by atoms with van der Waals surface area (Å²) in [5.74, 6) is -0.555. The second-order valence-electron chi connectivity index (χ2n) is 6.59. The smallest absolute Gasteiger partial charge is 0.345 e. The predicted octanol–water partition coefficient (Wildman–Crippen LogP) is 2.41. The molecule has 7 heteroatoms. The first-order chi connectivity index (χ1) is 14.0. The van der Waals surface area contributed by atoms with Gasteiger partial charge in [0, 0.05) is 24.2 Å². The molecule has 2 aromatic carbocycles. The Balaban J connectivity index is 1.64. The van der Waals surface area contributed by atoms with Crippen molar-refractivity contribution in [1.29, 1.82) is 0 Å². The average molecular weight is 397 g/mol. The Morgan fingerprint density at radius 2 is 1.66 bits per heavy atom. The van der Waals surface area contributed by atoms with Crippen LogP contribution in [-0.4, -0.2) is 55.5 Å². The predicted molar refractivity (Wildman–Crippen MR) is 105 cm³/mol. The van der Waals surface area contributed by atoms with Crippen LogP contribution in [0.15, 0.2) is 54.6 Å². The molecule has 1 aliphatic rings. The molecule has 0 N–H and O–H groups in total. The molecule has 0 aromatic heterocycles. The Labute approximate surface area is 169 Å². The molecule has 1 atom stereocenters. The molecule has 0 bridgehead atoms. The van der Waals surface area contributed by atoms with Gasteiger partial charge in [0.15, 0.2) is 12.4 Å². The lowest BCUT2D eigenvalue weighted by molar-refractivity contribution is -0.164. The number of hydrogen-bond donors (Lipinski definition) is 0. The number of carbonyl (C=O) groups is 3. The maximum atomic E-state index is 12.9. The summed E-state index contributed by atoms with van der Waals surface area (Å²) in [5.41, 5.74) is 1.16. The van der Waals surface area contributed by atoms with Crippen LogP contribution in [0.1, 0.15) is 28.9 Å². The van der Waals surface area contributed by atoms with Crippen molar-refractivity contribution < 1.29 is 28.6 Å². The fraction of sp³-hybridized carbons (Fsp3) is 0.318. The highest BCUT2D eigenvalue weighted by atomic mass is 16.6. The van der Waals surface area contributed by atoms with Crippen molar-refractivity contribution in [2.24, 2.45) is 0 Å². The first kappa shape index (κ1) is 20.5. The minimum absolute atomic E-state index is 0.0525. The van der Waals surface area contributed by atoms with Crippen molar-refractivity contribution in [2.75, 3.05) is 32.9 Å². The molecule has 0 saturated carbocycles. The Morgan fingerprint density at radius 3 is 2.28 bits per heavy atom. The van der Waals surface area contributed by atoms with E-state index in [1.54, 1.807) is 53.4 Å². The zero-order valence-electron chi connectivity index (χ0n) is 16.2. The van der Waals surface area contributed by atoms with Crippen molar-refractivity contribution >= 4 is 17.7 Å².